The van der Waals surface area contributed by atoms with Crippen LogP contribution in [0.5, 0.6) is 11.5 Å². The van der Waals surface area contributed by atoms with Crippen molar-refractivity contribution in [2.45, 2.75) is 19.9 Å². The maximum Gasteiger partial charge on any atom is 0.335 e. The summed E-state index contributed by atoms with van der Waals surface area (Å²) in [5.41, 5.74) is 2.04. The first-order valence-corrected chi connectivity index (χ1v) is 8.41. The van der Waals surface area contributed by atoms with Crippen molar-refractivity contribution in [1.29, 1.82) is 0 Å². The van der Waals surface area contributed by atoms with E-state index in [1.807, 2.05) is 19.1 Å². The molecule has 0 heterocycles. The molecule has 0 fully saturated rings. The number of hydrogen-bond acceptors (Lipinski definition) is 4. The fourth-order valence-electron chi connectivity index (χ4n) is 2.19. The summed E-state index contributed by atoms with van der Waals surface area (Å²) >= 11 is 3.55. The van der Waals surface area contributed by atoms with Gasteiger partial charge in [-0.25, -0.2) is 4.79 Å². The zero-order chi connectivity index (χ0) is 17.5. The van der Waals surface area contributed by atoms with Gasteiger partial charge in [-0.15, -0.1) is 0 Å². The Balaban J connectivity index is 2.20. The van der Waals surface area contributed by atoms with Gasteiger partial charge in [-0.2, -0.15) is 0 Å². The molecular formula is C18H20BrNO4. The fraction of sp³-hybridized carbons (Fsp3) is 0.278. The van der Waals surface area contributed by atoms with E-state index >= 15 is 0 Å². The van der Waals surface area contributed by atoms with E-state index < -0.39 is 5.97 Å². The lowest BCUT2D eigenvalue weighted by molar-refractivity contribution is 0.0697. The molecule has 0 spiro atoms. The van der Waals surface area contributed by atoms with Crippen LogP contribution < -0.4 is 14.8 Å². The molecule has 0 aliphatic heterocycles. The number of ether oxygens (including phenoxy) is 2. The van der Waals surface area contributed by atoms with Crippen LogP contribution in [0.4, 0.5) is 5.69 Å². The first-order valence-electron chi connectivity index (χ1n) is 7.62. The first-order chi connectivity index (χ1) is 11.6. The topological polar surface area (TPSA) is 67.8 Å². The maximum atomic E-state index is 10.9. The van der Waals surface area contributed by atoms with Gasteiger partial charge in [-0.1, -0.05) is 22.9 Å². The van der Waals surface area contributed by atoms with E-state index in [1.165, 1.54) is 0 Å². The summed E-state index contributed by atoms with van der Waals surface area (Å²) in [6.07, 6.45) is 0.902. The van der Waals surface area contributed by atoms with Crippen LogP contribution in [0.2, 0.25) is 0 Å². The Bertz CT molecular complexity index is 701. The second-order valence-corrected chi connectivity index (χ2v) is 6.00. The summed E-state index contributed by atoms with van der Waals surface area (Å²) in [7, 11) is 1.61. The summed E-state index contributed by atoms with van der Waals surface area (Å²) in [4.78, 5) is 10.9. The Morgan fingerprint density at radius 1 is 1.21 bits per heavy atom. The zero-order valence-corrected chi connectivity index (χ0v) is 15.2. The van der Waals surface area contributed by atoms with Crippen LogP contribution in [0.3, 0.4) is 0 Å². The van der Waals surface area contributed by atoms with E-state index in [-0.39, 0.29) is 5.56 Å². The Morgan fingerprint density at radius 2 is 1.92 bits per heavy atom. The predicted octanol–water partition coefficient (Wildman–Crippen LogP) is 4.56. The lowest BCUT2D eigenvalue weighted by Crippen LogP contribution is -2.07. The molecule has 0 unspecified atom stereocenters. The normalized spacial score (nSPS) is 10.3. The molecule has 6 heteroatoms. The van der Waals surface area contributed by atoms with Gasteiger partial charge in [-0.05, 0) is 42.8 Å². The molecule has 0 aliphatic carbocycles. The van der Waals surface area contributed by atoms with Crippen molar-refractivity contribution in [3.8, 4) is 11.5 Å². The summed E-state index contributed by atoms with van der Waals surface area (Å²) < 4.78 is 12.2. The lowest BCUT2D eigenvalue weighted by atomic mass is 10.1. The van der Waals surface area contributed by atoms with Crippen LogP contribution >= 0.6 is 15.9 Å². The highest BCUT2D eigenvalue weighted by atomic mass is 79.9. The Hall–Kier alpha value is -2.21. The van der Waals surface area contributed by atoms with Crippen molar-refractivity contribution in [3.63, 3.8) is 0 Å². The van der Waals surface area contributed by atoms with Crippen LogP contribution in [0.25, 0.3) is 0 Å². The maximum absolute atomic E-state index is 10.9. The fourth-order valence-corrected chi connectivity index (χ4v) is 2.64. The van der Waals surface area contributed by atoms with Crippen molar-refractivity contribution in [3.05, 3.63) is 52.0 Å². The number of carbonyl (C=O) groups is 1. The molecule has 2 rings (SSSR count). The number of carboxylic acid groups (broad SMARTS) is 1. The number of aromatic carboxylic acids is 1. The third kappa shape index (κ3) is 4.41. The number of benzene rings is 2. The SMILES string of the molecule is CCCOc1c(OC)ccc(Br)c1CNc1ccc(C(=O)O)cc1. The highest BCUT2D eigenvalue weighted by molar-refractivity contribution is 9.10. The van der Waals surface area contributed by atoms with E-state index in [1.54, 1.807) is 31.4 Å². The van der Waals surface area contributed by atoms with Crippen molar-refractivity contribution < 1.29 is 19.4 Å². The second kappa shape index (κ2) is 8.59. The minimum Gasteiger partial charge on any atom is -0.493 e. The average Bonchev–Trinajstić information content (AvgIpc) is 2.59. The van der Waals surface area contributed by atoms with E-state index in [4.69, 9.17) is 14.6 Å². The number of nitrogens with one attached hydrogen (secondary N) is 1. The summed E-state index contributed by atoms with van der Waals surface area (Å²) in [6.45, 7) is 3.17. The third-order valence-corrected chi connectivity index (χ3v) is 4.18. The number of rotatable bonds is 8. The summed E-state index contributed by atoms with van der Waals surface area (Å²) in [5.74, 6) is 0.459. The molecule has 2 aromatic carbocycles. The molecule has 0 saturated heterocycles. The van der Waals surface area contributed by atoms with Crippen molar-refractivity contribution in [2.24, 2.45) is 0 Å². The molecule has 2 aromatic rings. The van der Waals surface area contributed by atoms with E-state index in [9.17, 15) is 4.79 Å². The van der Waals surface area contributed by atoms with Gasteiger partial charge in [-0.3, -0.25) is 0 Å². The quantitative estimate of drug-likeness (QED) is 0.687. The number of anilines is 1. The molecule has 2 N–H and O–H groups in total. The van der Waals surface area contributed by atoms with E-state index in [0.29, 0.717) is 24.7 Å². The Morgan fingerprint density at radius 3 is 2.50 bits per heavy atom. The zero-order valence-electron chi connectivity index (χ0n) is 13.6. The number of methoxy groups -OCH3 is 1. The molecule has 0 aromatic heterocycles. The molecule has 0 saturated carbocycles. The molecule has 0 atom stereocenters. The minimum atomic E-state index is -0.938. The monoisotopic (exact) mass is 393 g/mol. The summed E-state index contributed by atoms with van der Waals surface area (Å²) in [6, 6.07) is 10.4. The molecule has 5 nitrogen and oxygen atoms in total. The molecule has 128 valence electrons. The van der Waals surface area contributed by atoms with E-state index in [2.05, 4.69) is 21.2 Å². The van der Waals surface area contributed by atoms with Gasteiger partial charge >= 0.3 is 5.97 Å². The van der Waals surface area contributed by atoms with Crippen molar-refractivity contribution in [2.75, 3.05) is 19.0 Å². The highest BCUT2D eigenvalue weighted by Crippen LogP contribution is 2.36. The number of halogens is 1. The number of hydrogen-bond donors (Lipinski definition) is 2. The second-order valence-electron chi connectivity index (χ2n) is 5.14. The summed E-state index contributed by atoms with van der Waals surface area (Å²) in [5, 5.41) is 12.2. The largest absolute Gasteiger partial charge is 0.493 e. The minimum absolute atomic E-state index is 0.259. The highest BCUT2D eigenvalue weighted by Gasteiger charge is 2.14. The molecule has 0 bridgehead atoms. The molecule has 0 aliphatic rings. The van der Waals surface area contributed by atoms with Gasteiger partial charge in [0.25, 0.3) is 0 Å². The van der Waals surface area contributed by atoms with Crippen LogP contribution in [-0.4, -0.2) is 24.8 Å². The van der Waals surface area contributed by atoms with Gasteiger partial charge in [0.1, 0.15) is 0 Å². The third-order valence-electron chi connectivity index (χ3n) is 3.44. The van der Waals surface area contributed by atoms with Gasteiger partial charge < -0.3 is 19.9 Å². The predicted molar refractivity (Wildman–Crippen MR) is 97.2 cm³/mol. The molecule has 0 radical (unpaired) electrons. The smallest absolute Gasteiger partial charge is 0.335 e. The van der Waals surface area contributed by atoms with Gasteiger partial charge in [0.2, 0.25) is 0 Å². The Kier molecular flexibility index (Phi) is 6.49. The molecule has 0 amide bonds. The van der Waals surface area contributed by atoms with Gasteiger partial charge in [0.15, 0.2) is 11.5 Å². The molecular weight excluding hydrogens is 374 g/mol. The van der Waals surface area contributed by atoms with Gasteiger partial charge in [0, 0.05) is 22.3 Å². The van der Waals surface area contributed by atoms with Crippen LogP contribution in [0.15, 0.2) is 40.9 Å². The average molecular weight is 394 g/mol. The van der Waals surface area contributed by atoms with E-state index in [0.717, 1.165) is 22.1 Å². The Labute approximate surface area is 149 Å². The number of carboxylic acids is 1. The van der Waals surface area contributed by atoms with Crippen LogP contribution in [-0.2, 0) is 6.54 Å². The van der Waals surface area contributed by atoms with Crippen molar-refractivity contribution >= 4 is 27.6 Å². The lowest BCUT2D eigenvalue weighted by Gasteiger charge is -2.17. The molecule has 24 heavy (non-hydrogen) atoms. The van der Waals surface area contributed by atoms with Gasteiger partial charge in [0.05, 0.1) is 19.3 Å². The van der Waals surface area contributed by atoms with Crippen molar-refractivity contribution in [1.82, 2.24) is 0 Å². The van der Waals surface area contributed by atoms with Crippen LogP contribution in [0, 0.1) is 0 Å². The first kappa shape index (κ1) is 18.1. The standard InChI is InChI=1S/C18H20BrNO4/c1-3-10-24-17-14(15(19)8-9-16(17)23-2)11-20-13-6-4-12(5-7-13)18(21)22/h4-9,20H,3,10-11H2,1-2H3,(H,21,22). The van der Waals surface area contributed by atoms with Crippen LogP contribution in [0.1, 0.15) is 29.3 Å².